The number of nitrogens with one attached hydrogen (secondary N) is 1. The van der Waals surface area contributed by atoms with Crippen LogP contribution in [0.1, 0.15) is 31.2 Å². The van der Waals surface area contributed by atoms with Crippen LogP contribution in [0.25, 0.3) is 0 Å². The van der Waals surface area contributed by atoms with E-state index in [0.29, 0.717) is 43.3 Å². The highest BCUT2D eigenvalue weighted by Crippen LogP contribution is 2.24. The quantitative estimate of drug-likeness (QED) is 0.694. The van der Waals surface area contributed by atoms with Crippen LogP contribution in [-0.4, -0.2) is 51.3 Å². The Morgan fingerprint density at radius 3 is 2.72 bits per heavy atom. The molecule has 1 saturated heterocycles. The standard InChI is InChI=1S/C19H29FN2O3/c1-24-12-9-21-19(23)6-3-15-7-10-22(11-8-15)14-16-4-5-17(25-2)13-18(16)20/h4-5,13,15H,3,6-12,14H2,1-2H3,(H,21,23). The minimum Gasteiger partial charge on any atom is -0.497 e. The maximum atomic E-state index is 14.0. The van der Waals surface area contributed by atoms with Crippen molar-refractivity contribution in [3.05, 3.63) is 29.6 Å². The molecule has 1 aliphatic rings. The molecule has 0 aliphatic carbocycles. The van der Waals surface area contributed by atoms with Gasteiger partial charge in [0.05, 0.1) is 13.7 Å². The van der Waals surface area contributed by atoms with Gasteiger partial charge in [-0.05, 0) is 44.3 Å². The summed E-state index contributed by atoms with van der Waals surface area (Å²) in [7, 11) is 3.16. The fourth-order valence-corrected chi connectivity index (χ4v) is 3.17. The van der Waals surface area contributed by atoms with Crippen molar-refractivity contribution in [1.82, 2.24) is 10.2 Å². The number of ether oxygens (including phenoxy) is 2. The summed E-state index contributed by atoms with van der Waals surface area (Å²) in [5, 5.41) is 2.85. The molecule has 2 rings (SSSR count). The molecular formula is C19H29FN2O3. The largest absolute Gasteiger partial charge is 0.497 e. The lowest BCUT2D eigenvalue weighted by atomic mass is 9.92. The van der Waals surface area contributed by atoms with Crippen molar-refractivity contribution in [2.45, 2.75) is 32.2 Å². The van der Waals surface area contributed by atoms with E-state index in [2.05, 4.69) is 10.2 Å². The van der Waals surface area contributed by atoms with E-state index < -0.39 is 0 Å². The number of amides is 1. The molecule has 1 aromatic rings. The van der Waals surface area contributed by atoms with E-state index >= 15 is 0 Å². The Morgan fingerprint density at radius 2 is 2.08 bits per heavy atom. The first-order chi connectivity index (χ1) is 12.1. The normalized spacial score (nSPS) is 16.0. The number of piperidine rings is 1. The Balaban J connectivity index is 1.68. The van der Waals surface area contributed by atoms with Crippen molar-refractivity contribution in [2.75, 3.05) is 40.5 Å². The lowest BCUT2D eigenvalue weighted by Gasteiger charge is -2.32. The van der Waals surface area contributed by atoms with Crippen LogP contribution in [0.5, 0.6) is 5.75 Å². The number of halogens is 1. The van der Waals surface area contributed by atoms with Gasteiger partial charge < -0.3 is 14.8 Å². The zero-order valence-corrected chi connectivity index (χ0v) is 15.2. The zero-order valence-electron chi connectivity index (χ0n) is 15.2. The van der Waals surface area contributed by atoms with Crippen LogP contribution in [0.3, 0.4) is 0 Å². The number of hydrogen-bond acceptors (Lipinski definition) is 4. The molecule has 0 unspecified atom stereocenters. The highest BCUT2D eigenvalue weighted by Gasteiger charge is 2.20. The minimum absolute atomic E-state index is 0.0970. The Labute approximate surface area is 149 Å². The Hall–Kier alpha value is -1.66. The van der Waals surface area contributed by atoms with Crippen LogP contribution in [-0.2, 0) is 16.1 Å². The Kier molecular flexibility index (Phi) is 8.15. The molecule has 1 N–H and O–H groups in total. The van der Waals surface area contributed by atoms with Crippen molar-refractivity contribution >= 4 is 5.91 Å². The number of methoxy groups -OCH3 is 2. The van der Waals surface area contributed by atoms with Crippen LogP contribution in [0.15, 0.2) is 18.2 Å². The van der Waals surface area contributed by atoms with Gasteiger partial charge in [-0.25, -0.2) is 4.39 Å². The summed E-state index contributed by atoms with van der Waals surface area (Å²) in [6.45, 7) is 3.64. The molecule has 25 heavy (non-hydrogen) atoms. The number of likely N-dealkylation sites (tertiary alicyclic amines) is 1. The molecule has 0 spiro atoms. The Morgan fingerprint density at radius 1 is 1.32 bits per heavy atom. The van der Waals surface area contributed by atoms with Gasteiger partial charge in [0.1, 0.15) is 11.6 Å². The molecule has 1 aliphatic heterocycles. The van der Waals surface area contributed by atoms with Crippen LogP contribution >= 0.6 is 0 Å². The summed E-state index contributed by atoms with van der Waals surface area (Å²) in [5.41, 5.74) is 0.705. The van der Waals surface area contributed by atoms with Crippen molar-refractivity contribution in [1.29, 1.82) is 0 Å². The van der Waals surface area contributed by atoms with E-state index in [4.69, 9.17) is 9.47 Å². The molecule has 1 amide bonds. The van der Waals surface area contributed by atoms with Gasteiger partial charge in [-0.15, -0.1) is 0 Å². The van der Waals surface area contributed by atoms with Crippen LogP contribution in [0, 0.1) is 11.7 Å². The van der Waals surface area contributed by atoms with Crippen molar-refractivity contribution in [3.8, 4) is 5.75 Å². The highest BCUT2D eigenvalue weighted by molar-refractivity contribution is 5.75. The second-order valence-corrected chi connectivity index (χ2v) is 6.56. The number of carbonyl (C=O) groups is 1. The lowest BCUT2D eigenvalue weighted by molar-refractivity contribution is -0.121. The van der Waals surface area contributed by atoms with Gasteiger partial charge in [0, 0.05) is 38.2 Å². The maximum absolute atomic E-state index is 14.0. The summed E-state index contributed by atoms with van der Waals surface area (Å²) in [5.74, 6) is 1.00. The molecule has 0 radical (unpaired) electrons. The molecule has 0 bridgehead atoms. The zero-order chi connectivity index (χ0) is 18.1. The number of rotatable bonds is 9. The molecule has 5 nitrogen and oxygen atoms in total. The van der Waals surface area contributed by atoms with E-state index in [1.807, 2.05) is 0 Å². The SMILES string of the molecule is COCCNC(=O)CCC1CCN(Cc2ccc(OC)cc2F)CC1. The third-order valence-corrected chi connectivity index (χ3v) is 4.77. The monoisotopic (exact) mass is 352 g/mol. The first-order valence-electron chi connectivity index (χ1n) is 8.92. The molecule has 1 aromatic carbocycles. The fraction of sp³-hybridized carbons (Fsp3) is 0.632. The summed E-state index contributed by atoms with van der Waals surface area (Å²) in [6, 6.07) is 5.03. The van der Waals surface area contributed by atoms with E-state index in [1.54, 1.807) is 19.2 Å². The molecule has 6 heteroatoms. The second kappa shape index (κ2) is 10.4. The van der Waals surface area contributed by atoms with Crippen molar-refractivity contribution in [2.24, 2.45) is 5.92 Å². The second-order valence-electron chi connectivity index (χ2n) is 6.56. The van der Waals surface area contributed by atoms with Gasteiger partial charge in [0.15, 0.2) is 0 Å². The first kappa shape index (κ1) is 19.7. The lowest BCUT2D eigenvalue weighted by Crippen LogP contribution is -2.34. The number of hydrogen-bond donors (Lipinski definition) is 1. The van der Waals surface area contributed by atoms with E-state index in [0.717, 1.165) is 32.4 Å². The molecule has 140 valence electrons. The number of benzene rings is 1. The Bertz CT molecular complexity index is 545. The summed E-state index contributed by atoms with van der Waals surface area (Å²) < 4.78 is 24.0. The molecular weight excluding hydrogens is 323 g/mol. The van der Waals surface area contributed by atoms with Crippen molar-refractivity contribution < 1.29 is 18.7 Å². The van der Waals surface area contributed by atoms with Gasteiger partial charge in [-0.1, -0.05) is 6.07 Å². The topological polar surface area (TPSA) is 50.8 Å². The average Bonchev–Trinajstić information content (AvgIpc) is 2.63. The van der Waals surface area contributed by atoms with Crippen LogP contribution in [0.2, 0.25) is 0 Å². The van der Waals surface area contributed by atoms with Gasteiger partial charge in [0.2, 0.25) is 5.91 Å². The summed E-state index contributed by atoms with van der Waals surface area (Å²) in [6.07, 6.45) is 3.61. The maximum Gasteiger partial charge on any atom is 0.220 e. The summed E-state index contributed by atoms with van der Waals surface area (Å²) in [4.78, 5) is 14.0. The van der Waals surface area contributed by atoms with Crippen LogP contribution in [0.4, 0.5) is 4.39 Å². The molecule has 0 saturated carbocycles. The predicted octanol–water partition coefficient (Wildman–Crippen LogP) is 2.59. The third-order valence-electron chi connectivity index (χ3n) is 4.77. The molecule has 1 heterocycles. The minimum atomic E-state index is -0.214. The first-order valence-corrected chi connectivity index (χ1v) is 8.92. The van der Waals surface area contributed by atoms with Gasteiger partial charge in [0.25, 0.3) is 0 Å². The van der Waals surface area contributed by atoms with Crippen LogP contribution < -0.4 is 10.1 Å². The third kappa shape index (κ3) is 6.63. The number of carbonyl (C=O) groups excluding carboxylic acids is 1. The fourth-order valence-electron chi connectivity index (χ4n) is 3.17. The molecule has 0 atom stereocenters. The van der Waals surface area contributed by atoms with Gasteiger partial charge in [-0.3, -0.25) is 9.69 Å². The molecule has 1 fully saturated rings. The van der Waals surface area contributed by atoms with Gasteiger partial charge in [-0.2, -0.15) is 0 Å². The predicted molar refractivity (Wildman–Crippen MR) is 95.1 cm³/mol. The average molecular weight is 352 g/mol. The van der Waals surface area contributed by atoms with Gasteiger partial charge >= 0.3 is 0 Å². The smallest absolute Gasteiger partial charge is 0.220 e. The highest BCUT2D eigenvalue weighted by atomic mass is 19.1. The molecule has 0 aromatic heterocycles. The van der Waals surface area contributed by atoms with E-state index in [-0.39, 0.29) is 11.7 Å². The number of nitrogens with zero attached hydrogens (tertiary/aromatic N) is 1. The van der Waals surface area contributed by atoms with E-state index in [1.165, 1.54) is 13.2 Å². The van der Waals surface area contributed by atoms with Crippen molar-refractivity contribution in [3.63, 3.8) is 0 Å². The van der Waals surface area contributed by atoms with E-state index in [9.17, 15) is 9.18 Å². The summed E-state index contributed by atoms with van der Waals surface area (Å²) >= 11 is 0.